The molecule has 4 nitrogen and oxygen atoms in total. The minimum atomic E-state index is 0.0536. The summed E-state index contributed by atoms with van der Waals surface area (Å²) in [6.07, 6.45) is 0. The van der Waals surface area contributed by atoms with Gasteiger partial charge in [-0.3, -0.25) is 9.59 Å². The van der Waals surface area contributed by atoms with Gasteiger partial charge in [-0.15, -0.1) is 11.8 Å². The van der Waals surface area contributed by atoms with Crippen molar-refractivity contribution in [1.82, 2.24) is 9.80 Å². The zero-order valence-corrected chi connectivity index (χ0v) is 12.8. The van der Waals surface area contributed by atoms with Crippen molar-refractivity contribution in [2.45, 2.75) is 11.8 Å². The SMILES string of the molecule is CC(=O)c1cccc(SCC(=O)N2CCN(C)CC2)c1. The third kappa shape index (κ3) is 4.08. The zero-order chi connectivity index (χ0) is 14.5. The monoisotopic (exact) mass is 292 g/mol. The van der Waals surface area contributed by atoms with Gasteiger partial charge < -0.3 is 9.80 Å². The van der Waals surface area contributed by atoms with E-state index in [9.17, 15) is 9.59 Å². The molecule has 1 saturated heterocycles. The minimum Gasteiger partial charge on any atom is -0.339 e. The maximum atomic E-state index is 12.1. The fraction of sp³-hybridized carbons (Fsp3) is 0.467. The van der Waals surface area contributed by atoms with Gasteiger partial charge in [0.2, 0.25) is 5.91 Å². The van der Waals surface area contributed by atoms with Crippen LogP contribution in [0.15, 0.2) is 29.2 Å². The third-order valence-corrected chi connectivity index (χ3v) is 4.44. The first-order valence-corrected chi connectivity index (χ1v) is 7.75. The van der Waals surface area contributed by atoms with E-state index in [4.69, 9.17) is 0 Å². The molecule has 0 atom stereocenters. The van der Waals surface area contributed by atoms with Crippen molar-refractivity contribution in [3.63, 3.8) is 0 Å². The van der Waals surface area contributed by atoms with Gasteiger partial charge in [0, 0.05) is 36.6 Å². The molecule has 1 aliphatic heterocycles. The number of ketones is 1. The summed E-state index contributed by atoms with van der Waals surface area (Å²) in [4.78, 5) is 28.6. The molecule has 0 aliphatic carbocycles. The highest BCUT2D eigenvalue weighted by molar-refractivity contribution is 8.00. The number of nitrogens with zero attached hydrogens (tertiary/aromatic N) is 2. The van der Waals surface area contributed by atoms with Crippen LogP contribution in [0.1, 0.15) is 17.3 Å². The molecule has 1 aromatic rings. The van der Waals surface area contributed by atoms with Gasteiger partial charge in [-0.1, -0.05) is 12.1 Å². The van der Waals surface area contributed by atoms with Crippen molar-refractivity contribution >= 4 is 23.5 Å². The van der Waals surface area contributed by atoms with Crippen LogP contribution in [0.2, 0.25) is 0 Å². The number of piperazine rings is 1. The zero-order valence-electron chi connectivity index (χ0n) is 12.0. The minimum absolute atomic E-state index is 0.0536. The van der Waals surface area contributed by atoms with Gasteiger partial charge in [-0.05, 0) is 26.1 Å². The second-order valence-electron chi connectivity index (χ2n) is 5.06. The average Bonchev–Trinajstić information content (AvgIpc) is 2.46. The molecule has 0 bridgehead atoms. The molecule has 20 heavy (non-hydrogen) atoms. The van der Waals surface area contributed by atoms with Crippen LogP contribution in [-0.4, -0.2) is 60.5 Å². The van der Waals surface area contributed by atoms with E-state index in [0.717, 1.165) is 31.1 Å². The molecule has 0 spiro atoms. The van der Waals surface area contributed by atoms with Crippen LogP contribution in [0.4, 0.5) is 0 Å². The van der Waals surface area contributed by atoms with Crippen molar-refractivity contribution in [3.05, 3.63) is 29.8 Å². The van der Waals surface area contributed by atoms with Gasteiger partial charge in [0.25, 0.3) is 0 Å². The average molecular weight is 292 g/mol. The molecule has 0 radical (unpaired) electrons. The number of benzene rings is 1. The molecular formula is C15H20N2O2S. The lowest BCUT2D eigenvalue weighted by molar-refractivity contribution is -0.129. The van der Waals surface area contributed by atoms with Crippen molar-refractivity contribution in [3.8, 4) is 0 Å². The number of amides is 1. The number of rotatable bonds is 4. The van der Waals surface area contributed by atoms with Crippen LogP contribution in [-0.2, 0) is 4.79 Å². The first-order valence-electron chi connectivity index (χ1n) is 6.76. The molecular weight excluding hydrogens is 272 g/mol. The number of hydrogen-bond donors (Lipinski definition) is 0. The Morgan fingerprint density at radius 3 is 2.55 bits per heavy atom. The van der Waals surface area contributed by atoms with Gasteiger partial charge >= 0.3 is 0 Å². The highest BCUT2D eigenvalue weighted by atomic mass is 32.2. The third-order valence-electron chi connectivity index (χ3n) is 3.46. The summed E-state index contributed by atoms with van der Waals surface area (Å²) in [5, 5.41) is 0. The molecule has 5 heteroatoms. The second-order valence-corrected chi connectivity index (χ2v) is 6.11. The van der Waals surface area contributed by atoms with E-state index in [0.29, 0.717) is 11.3 Å². The lowest BCUT2D eigenvalue weighted by atomic mass is 10.2. The summed E-state index contributed by atoms with van der Waals surface area (Å²) < 4.78 is 0. The van der Waals surface area contributed by atoms with Gasteiger partial charge in [0.15, 0.2) is 5.78 Å². The van der Waals surface area contributed by atoms with Gasteiger partial charge in [-0.25, -0.2) is 0 Å². The van der Waals surface area contributed by atoms with E-state index in [1.165, 1.54) is 11.8 Å². The fourth-order valence-electron chi connectivity index (χ4n) is 2.10. The quantitative estimate of drug-likeness (QED) is 0.626. The normalized spacial score (nSPS) is 16.2. The lowest BCUT2D eigenvalue weighted by Gasteiger charge is -2.32. The summed E-state index contributed by atoms with van der Waals surface area (Å²) in [7, 11) is 2.07. The van der Waals surface area contributed by atoms with Crippen LogP contribution in [0.3, 0.4) is 0 Å². The van der Waals surface area contributed by atoms with Crippen LogP contribution >= 0.6 is 11.8 Å². The molecule has 2 rings (SSSR count). The summed E-state index contributed by atoms with van der Waals surface area (Å²) in [5.74, 6) is 0.666. The first-order chi connectivity index (χ1) is 9.56. The predicted octanol–water partition coefficient (Wildman–Crippen LogP) is 1.76. The maximum absolute atomic E-state index is 12.1. The molecule has 0 saturated carbocycles. The molecule has 1 amide bonds. The van der Waals surface area contributed by atoms with Crippen molar-refractivity contribution in [1.29, 1.82) is 0 Å². The highest BCUT2D eigenvalue weighted by Gasteiger charge is 2.18. The van der Waals surface area contributed by atoms with Crippen LogP contribution in [0.25, 0.3) is 0 Å². The maximum Gasteiger partial charge on any atom is 0.233 e. The number of likely N-dealkylation sites (N-methyl/N-ethyl adjacent to an activating group) is 1. The Hall–Kier alpha value is -1.33. The molecule has 1 aromatic carbocycles. The summed E-state index contributed by atoms with van der Waals surface area (Å²) in [5.41, 5.74) is 0.696. The standard InChI is InChI=1S/C15H20N2O2S/c1-12(18)13-4-3-5-14(10-13)20-11-15(19)17-8-6-16(2)7-9-17/h3-5,10H,6-9,11H2,1-2H3. The number of carbonyl (C=O) groups excluding carboxylic acids is 2. The molecule has 1 fully saturated rings. The Balaban J connectivity index is 1.87. The lowest BCUT2D eigenvalue weighted by Crippen LogP contribution is -2.47. The predicted molar refractivity (Wildman–Crippen MR) is 81.2 cm³/mol. The van der Waals surface area contributed by atoms with Crippen LogP contribution in [0, 0.1) is 0 Å². The van der Waals surface area contributed by atoms with E-state index >= 15 is 0 Å². The smallest absolute Gasteiger partial charge is 0.233 e. The Labute approximate surface area is 124 Å². The summed E-state index contributed by atoms with van der Waals surface area (Å²) >= 11 is 1.50. The van der Waals surface area contributed by atoms with Crippen LogP contribution < -0.4 is 0 Å². The molecule has 1 aliphatic rings. The molecule has 0 unspecified atom stereocenters. The van der Waals surface area contributed by atoms with Crippen molar-refractivity contribution in [2.24, 2.45) is 0 Å². The van der Waals surface area contributed by atoms with Crippen LogP contribution in [0.5, 0.6) is 0 Å². The van der Waals surface area contributed by atoms with Crippen molar-refractivity contribution < 1.29 is 9.59 Å². The van der Waals surface area contributed by atoms with E-state index in [2.05, 4.69) is 11.9 Å². The molecule has 0 aromatic heterocycles. The molecule has 0 N–H and O–H groups in total. The fourth-order valence-corrected chi connectivity index (χ4v) is 2.95. The molecule has 1 heterocycles. The summed E-state index contributed by atoms with van der Waals surface area (Å²) in [6.45, 7) is 5.05. The number of thioether (sulfide) groups is 1. The van der Waals surface area contributed by atoms with Gasteiger partial charge in [-0.2, -0.15) is 0 Å². The van der Waals surface area contributed by atoms with Gasteiger partial charge in [0.1, 0.15) is 0 Å². The Morgan fingerprint density at radius 2 is 1.90 bits per heavy atom. The number of Topliss-reactive ketones (excluding diaryl/α,β-unsaturated/α-hetero) is 1. The van der Waals surface area contributed by atoms with E-state index < -0.39 is 0 Å². The molecule has 108 valence electrons. The summed E-state index contributed by atoms with van der Waals surface area (Å²) in [6, 6.07) is 7.45. The number of hydrogen-bond acceptors (Lipinski definition) is 4. The second kappa shape index (κ2) is 6.90. The largest absolute Gasteiger partial charge is 0.339 e. The number of carbonyl (C=O) groups is 2. The topological polar surface area (TPSA) is 40.6 Å². The Bertz CT molecular complexity index is 496. The highest BCUT2D eigenvalue weighted by Crippen LogP contribution is 2.20. The van der Waals surface area contributed by atoms with E-state index in [1.54, 1.807) is 13.0 Å². The Morgan fingerprint density at radius 1 is 1.20 bits per heavy atom. The van der Waals surface area contributed by atoms with E-state index in [-0.39, 0.29) is 11.7 Å². The van der Waals surface area contributed by atoms with Gasteiger partial charge in [0.05, 0.1) is 5.75 Å². The van der Waals surface area contributed by atoms with Crippen molar-refractivity contribution in [2.75, 3.05) is 39.0 Å². The van der Waals surface area contributed by atoms with E-state index in [1.807, 2.05) is 23.1 Å². The first kappa shape index (κ1) is 15.1. The Kier molecular flexibility index (Phi) is 5.20.